The third-order valence-electron chi connectivity index (χ3n) is 7.30. The predicted molar refractivity (Wildman–Crippen MR) is 162 cm³/mol. The fourth-order valence-corrected chi connectivity index (χ4v) is 4.73. The molecule has 2 aromatic carbocycles. The minimum absolute atomic E-state index is 0.0726. The Hall–Kier alpha value is -4.98. The van der Waals surface area contributed by atoms with Gasteiger partial charge in [0.25, 0.3) is 5.91 Å². The first-order chi connectivity index (χ1) is 21.5. The van der Waals surface area contributed by atoms with Gasteiger partial charge in [0.2, 0.25) is 17.7 Å². The smallest absolute Gasteiger partial charge is 0.255 e. The van der Waals surface area contributed by atoms with Crippen molar-refractivity contribution in [2.24, 2.45) is 5.92 Å². The number of nitrogens with zero attached hydrogens (tertiary/aromatic N) is 3. The molecular formula is C31H39N7O7. The van der Waals surface area contributed by atoms with Crippen molar-refractivity contribution < 1.29 is 33.8 Å². The number of methoxy groups -OCH3 is 1. The van der Waals surface area contributed by atoms with Gasteiger partial charge >= 0.3 is 0 Å². The molecule has 0 saturated carbocycles. The molecule has 3 atom stereocenters. The number of ether oxygens (including phenoxy) is 2. The topological polar surface area (TPSA) is 186 Å². The number of phenolic OH excluding ortho intramolecular Hbond substituents is 1. The summed E-state index contributed by atoms with van der Waals surface area (Å²) >= 11 is 0. The summed E-state index contributed by atoms with van der Waals surface area (Å²) < 4.78 is 12.8. The van der Waals surface area contributed by atoms with E-state index in [1.54, 1.807) is 51.6 Å². The number of aromatic nitrogens is 3. The fourth-order valence-electron chi connectivity index (χ4n) is 4.73. The van der Waals surface area contributed by atoms with Crippen molar-refractivity contribution in [1.82, 2.24) is 36.0 Å². The number of aryl methyl sites for hydroxylation is 1. The van der Waals surface area contributed by atoms with Crippen LogP contribution in [-0.4, -0.2) is 75.3 Å². The fraction of sp³-hybridized carbons (Fsp3) is 0.419. The molecule has 0 radical (unpaired) electrons. The zero-order chi connectivity index (χ0) is 32.5. The maximum atomic E-state index is 13.4. The highest BCUT2D eigenvalue weighted by Crippen LogP contribution is 2.28. The average Bonchev–Trinajstić information content (AvgIpc) is 3.46. The van der Waals surface area contributed by atoms with Crippen molar-refractivity contribution >= 4 is 23.6 Å². The molecule has 5 N–H and O–H groups in total. The first-order valence-corrected chi connectivity index (χ1v) is 14.7. The van der Waals surface area contributed by atoms with Crippen LogP contribution in [0.4, 0.5) is 0 Å². The van der Waals surface area contributed by atoms with Gasteiger partial charge in [-0.05, 0) is 55.2 Å². The van der Waals surface area contributed by atoms with Gasteiger partial charge in [-0.3, -0.25) is 19.2 Å². The van der Waals surface area contributed by atoms with Gasteiger partial charge in [0.15, 0.2) is 5.82 Å². The Kier molecular flexibility index (Phi) is 11.1. The second-order valence-corrected chi connectivity index (χ2v) is 11.1. The Balaban J connectivity index is 1.59. The van der Waals surface area contributed by atoms with Gasteiger partial charge in [0.1, 0.15) is 41.7 Å². The van der Waals surface area contributed by atoms with Crippen LogP contribution in [0.5, 0.6) is 17.2 Å². The van der Waals surface area contributed by atoms with Gasteiger partial charge in [0, 0.05) is 26.7 Å². The summed E-state index contributed by atoms with van der Waals surface area (Å²) in [6, 6.07) is 8.07. The van der Waals surface area contributed by atoms with E-state index in [1.165, 1.54) is 25.1 Å². The Morgan fingerprint density at radius 1 is 1.09 bits per heavy atom. The number of nitrogens with one attached hydrogen (secondary N) is 4. The van der Waals surface area contributed by atoms with Crippen LogP contribution in [0.2, 0.25) is 0 Å². The standard InChI is InChI=1S/C31H39N7O7/c1-18(2)27-31(43)34-19(3)28(40)35-24(30(42)32-16-26-37-33-17-38(26)12-5-13-44-4)14-20-6-8-21(9-7-20)45-22-10-11-25(39)23(15-22)29(41)36-27/h6-11,15,17-19,24,27,39H,5,12-14,16H2,1-4H3,(H,32,42)(H,34,43)(H,35,40)(H,36,41)/t19-,24+,27-/m0/s1. The minimum Gasteiger partial charge on any atom is -0.507 e. The first kappa shape index (κ1) is 32.9. The quantitative estimate of drug-likeness (QED) is 0.183. The maximum absolute atomic E-state index is 13.4. The van der Waals surface area contributed by atoms with Crippen LogP contribution in [-0.2, 0) is 38.6 Å². The van der Waals surface area contributed by atoms with Gasteiger partial charge in [-0.25, -0.2) is 0 Å². The second-order valence-electron chi connectivity index (χ2n) is 11.1. The highest BCUT2D eigenvalue weighted by Gasteiger charge is 2.30. The lowest BCUT2D eigenvalue weighted by Crippen LogP contribution is -2.57. The van der Waals surface area contributed by atoms with Gasteiger partial charge in [0.05, 0.1) is 12.1 Å². The van der Waals surface area contributed by atoms with E-state index in [2.05, 4.69) is 31.5 Å². The monoisotopic (exact) mass is 621 g/mol. The molecule has 45 heavy (non-hydrogen) atoms. The molecule has 14 nitrogen and oxygen atoms in total. The summed E-state index contributed by atoms with van der Waals surface area (Å²) in [6.45, 7) is 6.23. The van der Waals surface area contributed by atoms with E-state index in [1.807, 2.05) is 4.57 Å². The second kappa shape index (κ2) is 15.1. The van der Waals surface area contributed by atoms with E-state index in [0.29, 0.717) is 30.5 Å². The molecule has 4 amide bonds. The van der Waals surface area contributed by atoms with Crippen LogP contribution in [0.25, 0.3) is 0 Å². The van der Waals surface area contributed by atoms with E-state index < -0.39 is 41.8 Å². The third-order valence-corrected chi connectivity index (χ3v) is 7.30. The number of aromatic hydroxyl groups is 1. The minimum atomic E-state index is -1.04. The zero-order valence-corrected chi connectivity index (χ0v) is 25.7. The summed E-state index contributed by atoms with van der Waals surface area (Å²) in [5.74, 6) is -1.68. The molecule has 0 saturated heterocycles. The molecule has 2 aliphatic heterocycles. The van der Waals surface area contributed by atoms with Gasteiger partial charge in [-0.1, -0.05) is 26.0 Å². The lowest BCUT2D eigenvalue weighted by Gasteiger charge is -2.25. The number of rotatable bonds is 8. The van der Waals surface area contributed by atoms with Crippen molar-refractivity contribution in [3.63, 3.8) is 0 Å². The Morgan fingerprint density at radius 3 is 2.53 bits per heavy atom. The van der Waals surface area contributed by atoms with Crippen LogP contribution >= 0.6 is 0 Å². The van der Waals surface area contributed by atoms with E-state index in [0.717, 1.165) is 12.0 Å². The summed E-state index contributed by atoms with van der Waals surface area (Å²) in [6.07, 6.45) is 2.47. The van der Waals surface area contributed by atoms with Crippen molar-refractivity contribution in [2.45, 2.75) is 64.8 Å². The molecule has 0 fully saturated rings. The molecule has 4 bridgehead atoms. The van der Waals surface area contributed by atoms with Crippen LogP contribution in [0, 0.1) is 5.92 Å². The summed E-state index contributed by atoms with van der Waals surface area (Å²) in [4.78, 5) is 53.1. The lowest BCUT2D eigenvalue weighted by molar-refractivity contribution is -0.132. The van der Waals surface area contributed by atoms with Gasteiger partial charge in [-0.15, -0.1) is 10.2 Å². The van der Waals surface area contributed by atoms with Crippen LogP contribution in [0.15, 0.2) is 48.8 Å². The Morgan fingerprint density at radius 2 is 1.82 bits per heavy atom. The Bertz CT molecular complexity index is 1510. The molecule has 14 heteroatoms. The third kappa shape index (κ3) is 8.79. The first-order valence-electron chi connectivity index (χ1n) is 14.7. The number of carbonyl (C=O) groups excluding carboxylic acids is 4. The number of hydrogen-bond donors (Lipinski definition) is 5. The SMILES string of the molecule is COCCCn1cnnc1CNC(=O)[C@H]1Cc2ccc(cc2)Oc2ccc(O)c(c2)C(=O)N[C@@H](C(C)C)C(=O)N[C@@H](C)C(=O)N1. The Labute approximate surface area is 260 Å². The lowest BCUT2D eigenvalue weighted by atomic mass is 10.0. The highest BCUT2D eigenvalue weighted by atomic mass is 16.5. The van der Waals surface area contributed by atoms with Crippen LogP contribution < -0.4 is 26.0 Å². The van der Waals surface area contributed by atoms with Gasteiger partial charge < -0.3 is 40.4 Å². The molecule has 240 valence electrons. The molecule has 3 heterocycles. The average molecular weight is 622 g/mol. The van der Waals surface area contributed by atoms with Crippen LogP contribution in [0.3, 0.4) is 0 Å². The largest absolute Gasteiger partial charge is 0.507 e. The van der Waals surface area contributed by atoms with Crippen molar-refractivity contribution in [3.8, 4) is 17.2 Å². The molecule has 1 aromatic heterocycles. The maximum Gasteiger partial charge on any atom is 0.255 e. The number of benzene rings is 2. The molecular weight excluding hydrogens is 582 g/mol. The van der Waals surface area contributed by atoms with Crippen molar-refractivity contribution in [3.05, 3.63) is 65.7 Å². The molecule has 0 spiro atoms. The molecule has 0 aliphatic carbocycles. The number of hydrogen-bond acceptors (Lipinski definition) is 9. The summed E-state index contributed by atoms with van der Waals surface area (Å²) in [7, 11) is 1.62. The highest BCUT2D eigenvalue weighted by molar-refractivity contribution is 6.00. The van der Waals surface area contributed by atoms with E-state index in [-0.39, 0.29) is 30.2 Å². The van der Waals surface area contributed by atoms with Crippen molar-refractivity contribution in [2.75, 3.05) is 13.7 Å². The van der Waals surface area contributed by atoms with Gasteiger partial charge in [-0.2, -0.15) is 0 Å². The van der Waals surface area contributed by atoms with E-state index in [9.17, 15) is 24.3 Å². The normalized spacial score (nSPS) is 19.1. The summed E-state index contributed by atoms with van der Waals surface area (Å²) in [5, 5.41) is 29.3. The van der Waals surface area contributed by atoms with Crippen LogP contribution in [0.1, 0.15) is 48.9 Å². The number of amides is 4. The number of phenols is 1. The molecule has 5 rings (SSSR count). The van der Waals surface area contributed by atoms with E-state index in [4.69, 9.17) is 9.47 Å². The summed E-state index contributed by atoms with van der Waals surface area (Å²) in [5.41, 5.74) is 0.658. The molecule has 0 unspecified atom stereocenters. The number of carbonyl (C=O) groups is 4. The van der Waals surface area contributed by atoms with Crippen molar-refractivity contribution in [1.29, 1.82) is 0 Å². The van der Waals surface area contributed by atoms with E-state index >= 15 is 0 Å². The predicted octanol–water partition coefficient (Wildman–Crippen LogP) is 1.43. The zero-order valence-electron chi connectivity index (χ0n) is 25.7. The molecule has 2 aliphatic rings. The number of fused-ring (bicyclic) bond motifs is 11. The molecule has 3 aromatic rings.